The molecular weight excluding hydrogens is 306 g/mol. The zero-order chi connectivity index (χ0) is 15.6. The Morgan fingerprint density at radius 3 is 2.61 bits per heavy atom. The van der Waals surface area contributed by atoms with Crippen LogP contribution in [0.5, 0.6) is 0 Å². The highest BCUT2D eigenvalue weighted by Gasteiger charge is 2.18. The summed E-state index contributed by atoms with van der Waals surface area (Å²) in [5.74, 6) is 0. The summed E-state index contributed by atoms with van der Waals surface area (Å²) < 4.78 is 2.22. The van der Waals surface area contributed by atoms with E-state index in [0.717, 1.165) is 44.9 Å². The molecule has 5 nitrogen and oxygen atoms in total. The average Bonchev–Trinajstić information content (AvgIpc) is 3.20. The third kappa shape index (κ3) is 3.15. The molecule has 0 unspecified atom stereocenters. The number of imidazole rings is 1. The Kier molecular flexibility index (Phi) is 4.11. The third-order valence-corrected chi connectivity index (χ3v) is 5.16. The fourth-order valence-electron chi connectivity index (χ4n) is 3.20. The summed E-state index contributed by atoms with van der Waals surface area (Å²) in [7, 11) is 0. The van der Waals surface area contributed by atoms with Gasteiger partial charge in [-0.05, 0) is 18.6 Å². The Morgan fingerprint density at radius 1 is 1.09 bits per heavy atom. The first kappa shape index (κ1) is 14.8. The Bertz CT molecular complexity index is 771. The number of pyridine rings is 1. The normalized spacial score (nSPS) is 17.1. The first-order valence-corrected chi connectivity index (χ1v) is 8.97. The van der Waals surface area contributed by atoms with Crippen LogP contribution in [0.1, 0.15) is 17.0 Å². The van der Waals surface area contributed by atoms with Crippen LogP contribution in [0.4, 0.5) is 0 Å². The highest BCUT2D eigenvalue weighted by Crippen LogP contribution is 2.15. The van der Waals surface area contributed by atoms with Crippen molar-refractivity contribution in [1.29, 1.82) is 0 Å². The van der Waals surface area contributed by atoms with Gasteiger partial charge in [-0.1, -0.05) is 6.07 Å². The van der Waals surface area contributed by atoms with Crippen molar-refractivity contribution in [1.82, 2.24) is 24.2 Å². The number of hydrogen-bond acceptors (Lipinski definition) is 5. The maximum absolute atomic E-state index is 4.57. The van der Waals surface area contributed by atoms with Gasteiger partial charge in [-0.25, -0.2) is 9.97 Å². The molecule has 3 aromatic heterocycles. The second-order valence-corrected chi connectivity index (χ2v) is 6.89. The molecule has 0 amide bonds. The average molecular weight is 327 g/mol. The van der Waals surface area contributed by atoms with Gasteiger partial charge in [-0.2, -0.15) is 0 Å². The molecule has 0 atom stereocenters. The van der Waals surface area contributed by atoms with Crippen LogP contribution in [0.2, 0.25) is 0 Å². The van der Waals surface area contributed by atoms with Crippen LogP contribution in [-0.4, -0.2) is 50.3 Å². The van der Waals surface area contributed by atoms with Gasteiger partial charge in [0.05, 0.1) is 23.1 Å². The van der Waals surface area contributed by atoms with Crippen LogP contribution in [0.25, 0.3) is 5.65 Å². The number of rotatable bonds is 4. The second kappa shape index (κ2) is 6.39. The molecular formula is C17H21N5S. The lowest BCUT2D eigenvalue weighted by atomic mass is 10.2. The molecule has 0 N–H and O–H groups in total. The highest BCUT2D eigenvalue weighted by atomic mass is 32.1. The zero-order valence-electron chi connectivity index (χ0n) is 13.4. The lowest BCUT2D eigenvalue weighted by Crippen LogP contribution is -2.45. The van der Waals surface area contributed by atoms with Crippen molar-refractivity contribution in [3.8, 4) is 0 Å². The summed E-state index contributed by atoms with van der Waals surface area (Å²) in [6.45, 7) is 8.47. The molecule has 1 fully saturated rings. The van der Waals surface area contributed by atoms with E-state index < -0.39 is 0 Å². The van der Waals surface area contributed by atoms with Gasteiger partial charge in [0.15, 0.2) is 0 Å². The molecule has 1 aliphatic heterocycles. The summed E-state index contributed by atoms with van der Waals surface area (Å²) in [4.78, 5) is 14.0. The maximum atomic E-state index is 4.57. The minimum Gasteiger partial charge on any atom is -0.303 e. The molecule has 0 saturated carbocycles. The van der Waals surface area contributed by atoms with Crippen molar-refractivity contribution >= 4 is 17.0 Å². The minimum absolute atomic E-state index is 0.967. The molecule has 4 heterocycles. The van der Waals surface area contributed by atoms with Gasteiger partial charge in [0.2, 0.25) is 0 Å². The van der Waals surface area contributed by atoms with Crippen molar-refractivity contribution in [2.45, 2.75) is 20.0 Å². The van der Waals surface area contributed by atoms with E-state index in [1.807, 2.05) is 11.7 Å². The number of fused-ring (bicyclic) bond motifs is 1. The SMILES string of the molecule is Cc1cccn2c(CN3CCN(Cc4cscn4)CC3)cnc12. The van der Waals surface area contributed by atoms with E-state index in [-0.39, 0.29) is 0 Å². The molecule has 120 valence electrons. The van der Waals surface area contributed by atoms with Gasteiger partial charge >= 0.3 is 0 Å². The first-order chi connectivity index (χ1) is 11.3. The molecule has 3 aromatic rings. The lowest BCUT2D eigenvalue weighted by molar-refractivity contribution is 0.120. The summed E-state index contributed by atoms with van der Waals surface area (Å²) in [5.41, 5.74) is 6.69. The molecule has 1 saturated heterocycles. The molecule has 0 spiro atoms. The lowest BCUT2D eigenvalue weighted by Gasteiger charge is -2.34. The smallest absolute Gasteiger partial charge is 0.139 e. The van der Waals surface area contributed by atoms with Gasteiger partial charge in [0.1, 0.15) is 5.65 Å². The van der Waals surface area contributed by atoms with Crippen LogP contribution >= 0.6 is 11.3 Å². The van der Waals surface area contributed by atoms with E-state index in [1.165, 1.54) is 17.0 Å². The summed E-state index contributed by atoms with van der Waals surface area (Å²) in [6.07, 6.45) is 4.13. The Balaban J connectivity index is 1.38. The molecule has 0 radical (unpaired) electrons. The number of hydrogen-bond donors (Lipinski definition) is 0. The van der Waals surface area contributed by atoms with Gasteiger partial charge in [0, 0.05) is 50.8 Å². The van der Waals surface area contributed by atoms with E-state index >= 15 is 0 Å². The third-order valence-electron chi connectivity index (χ3n) is 4.53. The Morgan fingerprint density at radius 2 is 1.87 bits per heavy atom. The summed E-state index contributed by atoms with van der Waals surface area (Å²) in [6, 6.07) is 4.21. The molecule has 0 aromatic carbocycles. The van der Waals surface area contributed by atoms with E-state index in [9.17, 15) is 0 Å². The second-order valence-electron chi connectivity index (χ2n) is 6.17. The van der Waals surface area contributed by atoms with Crippen molar-refractivity contribution in [2.24, 2.45) is 0 Å². The Labute approximate surface area is 140 Å². The highest BCUT2D eigenvalue weighted by molar-refractivity contribution is 7.07. The molecule has 0 aliphatic carbocycles. The number of aromatic nitrogens is 3. The summed E-state index contributed by atoms with van der Waals surface area (Å²) in [5, 5.41) is 2.15. The number of piperazine rings is 1. The number of aryl methyl sites for hydroxylation is 1. The molecule has 1 aliphatic rings. The van der Waals surface area contributed by atoms with Crippen molar-refractivity contribution in [3.05, 3.63) is 52.4 Å². The predicted molar refractivity (Wildman–Crippen MR) is 92.6 cm³/mol. The van der Waals surface area contributed by atoms with Crippen molar-refractivity contribution < 1.29 is 0 Å². The molecule has 6 heteroatoms. The first-order valence-electron chi connectivity index (χ1n) is 8.03. The fraction of sp³-hybridized carbons (Fsp3) is 0.412. The largest absolute Gasteiger partial charge is 0.303 e. The molecule has 23 heavy (non-hydrogen) atoms. The predicted octanol–water partition coefficient (Wildman–Crippen LogP) is 2.42. The summed E-state index contributed by atoms with van der Waals surface area (Å²) >= 11 is 1.68. The van der Waals surface area contributed by atoms with Crippen LogP contribution in [0.15, 0.2) is 35.4 Å². The van der Waals surface area contributed by atoms with Crippen LogP contribution in [0, 0.1) is 6.92 Å². The van der Waals surface area contributed by atoms with Gasteiger partial charge < -0.3 is 4.40 Å². The van der Waals surface area contributed by atoms with Gasteiger partial charge in [0.25, 0.3) is 0 Å². The van der Waals surface area contributed by atoms with Crippen LogP contribution < -0.4 is 0 Å². The van der Waals surface area contributed by atoms with Crippen LogP contribution in [-0.2, 0) is 13.1 Å². The fourth-order valence-corrected chi connectivity index (χ4v) is 3.75. The van der Waals surface area contributed by atoms with E-state index in [1.54, 1.807) is 11.3 Å². The monoisotopic (exact) mass is 327 g/mol. The van der Waals surface area contributed by atoms with Crippen LogP contribution in [0.3, 0.4) is 0 Å². The number of nitrogens with zero attached hydrogens (tertiary/aromatic N) is 5. The Hall–Kier alpha value is -1.76. The minimum atomic E-state index is 0.967. The molecule has 0 bridgehead atoms. The topological polar surface area (TPSA) is 36.7 Å². The zero-order valence-corrected chi connectivity index (χ0v) is 14.2. The van der Waals surface area contributed by atoms with Gasteiger partial charge in [-0.3, -0.25) is 9.80 Å². The maximum Gasteiger partial charge on any atom is 0.139 e. The van der Waals surface area contributed by atoms with Gasteiger partial charge in [-0.15, -0.1) is 11.3 Å². The van der Waals surface area contributed by atoms with E-state index in [4.69, 9.17) is 0 Å². The van der Waals surface area contributed by atoms with E-state index in [0.29, 0.717) is 0 Å². The molecule has 4 rings (SSSR count). The van der Waals surface area contributed by atoms with Crippen molar-refractivity contribution in [3.63, 3.8) is 0 Å². The number of thiazole rings is 1. The standard InChI is InChI=1S/C17H21N5S/c1-14-3-2-4-22-16(9-18-17(14)22)11-21-7-5-20(6-8-21)10-15-12-23-13-19-15/h2-4,9,12-13H,5-8,10-11H2,1H3. The quantitative estimate of drug-likeness (QED) is 0.737. The van der Waals surface area contributed by atoms with E-state index in [2.05, 4.69) is 54.8 Å². The van der Waals surface area contributed by atoms with Crippen molar-refractivity contribution in [2.75, 3.05) is 26.2 Å².